The van der Waals surface area contributed by atoms with Crippen LogP contribution in [-0.2, 0) is 19.9 Å². The predicted molar refractivity (Wildman–Crippen MR) is 102 cm³/mol. The third kappa shape index (κ3) is 4.78. The van der Waals surface area contributed by atoms with E-state index in [9.17, 15) is 9.59 Å². The molecule has 2 aliphatic heterocycles. The van der Waals surface area contributed by atoms with Crippen molar-refractivity contribution in [1.29, 1.82) is 0 Å². The lowest BCUT2D eigenvalue weighted by molar-refractivity contribution is -0.137. The van der Waals surface area contributed by atoms with Crippen LogP contribution in [0.1, 0.15) is 25.3 Å². The molecule has 7 heteroatoms. The molecule has 0 unspecified atom stereocenters. The maximum atomic E-state index is 12.5. The van der Waals surface area contributed by atoms with Crippen molar-refractivity contribution in [2.45, 2.75) is 25.3 Å². The Kier molecular flexibility index (Phi) is 6.34. The number of piperidine rings is 1. The highest BCUT2D eigenvalue weighted by molar-refractivity contribution is 5.78. The first-order valence-electron chi connectivity index (χ1n) is 9.53. The number of hydrogen-bond acceptors (Lipinski definition) is 5. The van der Waals surface area contributed by atoms with Crippen molar-refractivity contribution in [2.24, 2.45) is 0 Å². The van der Waals surface area contributed by atoms with E-state index < -0.39 is 5.54 Å². The monoisotopic (exact) mass is 375 g/mol. The van der Waals surface area contributed by atoms with Crippen molar-refractivity contribution in [3.63, 3.8) is 0 Å². The Hall–Kier alpha value is -2.12. The summed E-state index contributed by atoms with van der Waals surface area (Å²) in [5, 5.41) is 3.17. The Morgan fingerprint density at radius 2 is 1.74 bits per heavy atom. The molecule has 0 spiro atoms. The summed E-state index contributed by atoms with van der Waals surface area (Å²) >= 11 is 0. The molecule has 0 saturated carbocycles. The highest BCUT2D eigenvalue weighted by atomic mass is 16.5. The van der Waals surface area contributed by atoms with Gasteiger partial charge < -0.3 is 19.7 Å². The number of ether oxygens (including phenoxy) is 2. The lowest BCUT2D eigenvalue weighted by Crippen LogP contribution is -2.54. The van der Waals surface area contributed by atoms with Crippen LogP contribution in [0.4, 0.5) is 0 Å². The van der Waals surface area contributed by atoms with E-state index in [2.05, 4.69) is 10.2 Å². The molecule has 2 fully saturated rings. The van der Waals surface area contributed by atoms with Crippen LogP contribution in [0.5, 0.6) is 5.75 Å². The number of nitrogens with zero attached hydrogens (tertiary/aromatic N) is 2. The lowest BCUT2D eigenvalue weighted by atomic mass is 9.80. The molecule has 2 heterocycles. The van der Waals surface area contributed by atoms with Gasteiger partial charge in [0, 0.05) is 33.1 Å². The number of likely N-dealkylation sites (tertiary alicyclic amines) is 1. The number of nitrogens with one attached hydrogen (secondary N) is 1. The predicted octanol–water partition coefficient (Wildman–Crippen LogP) is 0.981. The average molecular weight is 375 g/mol. The third-order valence-electron chi connectivity index (χ3n) is 5.49. The highest BCUT2D eigenvalue weighted by Crippen LogP contribution is 2.34. The molecule has 1 aromatic carbocycles. The van der Waals surface area contributed by atoms with Crippen LogP contribution in [0, 0.1) is 0 Å². The topological polar surface area (TPSA) is 71.1 Å². The standard InChI is InChI=1S/C20H29N3O4/c1-16(24)21-20(17-3-5-18(26-2)6-4-17)7-9-22(10-8-20)15-19(25)23-11-13-27-14-12-23/h3-6H,7-15H2,1-2H3,(H,21,24). The van der Waals surface area contributed by atoms with Crippen molar-refractivity contribution >= 4 is 11.8 Å². The average Bonchev–Trinajstić information content (AvgIpc) is 2.70. The first-order valence-corrected chi connectivity index (χ1v) is 9.53. The van der Waals surface area contributed by atoms with Crippen LogP contribution >= 0.6 is 0 Å². The highest BCUT2D eigenvalue weighted by Gasteiger charge is 2.37. The van der Waals surface area contributed by atoms with Gasteiger partial charge in [-0.25, -0.2) is 0 Å². The second-order valence-corrected chi connectivity index (χ2v) is 7.26. The molecule has 1 aromatic rings. The van der Waals surface area contributed by atoms with E-state index in [1.54, 1.807) is 14.0 Å². The van der Waals surface area contributed by atoms with Gasteiger partial charge in [-0.1, -0.05) is 12.1 Å². The van der Waals surface area contributed by atoms with Gasteiger partial charge in [-0.05, 0) is 30.5 Å². The molecule has 0 aliphatic carbocycles. The Bertz CT molecular complexity index is 648. The molecule has 148 valence electrons. The molecule has 27 heavy (non-hydrogen) atoms. The first kappa shape index (κ1) is 19.6. The largest absolute Gasteiger partial charge is 0.497 e. The number of hydrogen-bond donors (Lipinski definition) is 1. The minimum atomic E-state index is -0.392. The maximum Gasteiger partial charge on any atom is 0.236 e. The second-order valence-electron chi connectivity index (χ2n) is 7.26. The first-order chi connectivity index (χ1) is 13.0. The van der Waals surface area contributed by atoms with Gasteiger partial charge in [-0.15, -0.1) is 0 Å². The van der Waals surface area contributed by atoms with E-state index in [-0.39, 0.29) is 11.8 Å². The molecule has 1 N–H and O–H groups in total. The number of morpholine rings is 1. The summed E-state index contributed by atoms with van der Waals surface area (Å²) < 4.78 is 10.6. The Balaban J connectivity index is 1.64. The van der Waals surface area contributed by atoms with Crippen LogP contribution in [0.2, 0.25) is 0 Å². The molecule has 7 nitrogen and oxygen atoms in total. The van der Waals surface area contributed by atoms with E-state index >= 15 is 0 Å². The summed E-state index contributed by atoms with van der Waals surface area (Å²) in [4.78, 5) is 28.4. The molecule has 0 aromatic heterocycles. The van der Waals surface area contributed by atoms with Crippen molar-refractivity contribution in [1.82, 2.24) is 15.1 Å². The summed E-state index contributed by atoms with van der Waals surface area (Å²) in [5.74, 6) is 0.920. The summed E-state index contributed by atoms with van der Waals surface area (Å²) in [6.07, 6.45) is 1.55. The van der Waals surface area contributed by atoms with Crippen LogP contribution in [0.25, 0.3) is 0 Å². The minimum Gasteiger partial charge on any atom is -0.497 e. The van der Waals surface area contributed by atoms with Gasteiger partial charge in [0.1, 0.15) is 5.75 Å². The number of amides is 2. The SMILES string of the molecule is COc1ccc(C2(NC(C)=O)CCN(CC(=O)N3CCOCC3)CC2)cc1. The van der Waals surface area contributed by atoms with E-state index in [1.807, 2.05) is 29.2 Å². The molecule has 2 saturated heterocycles. The number of benzene rings is 1. The second kappa shape index (κ2) is 8.71. The van der Waals surface area contributed by atoms with Gasteiger partial charge in [0.25, 0.3) is 0 Å². The summed E-state index contributed by atoms with van der Waals surface area (Å²) in [6.45, 7) is 6.11. The molecule has 3 rings (SSSR count). The van der Waals surface area contributed by atoms with Crippen molar-refractivity contribution in [3.8, 4) is 5.75 Å². The summed E-state index contributed by atoms with van der Waals surface area (Å²) in [7, 11) is 1.64. The number of rotatable bonds is 5. The quantitative estimate of drug-likeness (QED) is 0.831. The van der Waals surface area contributed by atoms with Crippen LogP contribution in [-0.4, -0.2) is 74.7 Å². The van der Waals surface area contributed by atoms with E-state index in [4.69, 9.17) is 9.47 Å². The molecular formula is C20H29N3O4. The zero-order valence-electron chi connectivity index (χ0n) is 16.2. The van der Waals surface area contributed by atoms with E-state index in [0.29, 0.717) is 32.8 Å². The maximum absolute atomic E-state index is 12.5. The van der Waals surface area contributed by atoms with Gasteiger partial charge in [0.05, 0.1) is 32.4 Å². The normalized spacial score (nSPS) is 20.1. The molecule has 2 amide bonds. The van der Waals surface area contributed by atoms with Gasteiger partial charge >= 0.3 is 0 Å². The fourth-order valence-electron chi connectivity index (χ4n) is 3.93. The number of methoxy groups -OCH3 is 1. The van der Waals surface area contributed by atoms with Crippen LogP contribution in [0.15, 0.2) is 24.3 Å². The zero-order chi connectivity index (χ0) is 19.3. The molecule has 2 aliphatic rings. The lowest BCUT2D eigenvalue weighted by Gasteiger charge is -2.43. The fraction of sp³-hybridized carbons (Fsp3) is 0.600. The Morgan fingerprint density at radius 1 is 1.11 bits per heavy atom. The molecular weight excluding hydrogens is 346 g/mol. The number of carbonyl (C=O) groups excluding carboxylic acids is 2. The summed E-state index contributed by atoms with van der Waals surface area (Å²) in [6, 6.07) is 7.88. The molecule has 0 bridgehead atoms. The number of carbonyl (C=O) groups is 2. The van der Waals surface area contributed by atoms with Crippen LogP contribution in [0.3, 0.4) is 0 Å². The molecule has 0 radical (unpaired) electrons. The van der Waals surface area contributed by atoms with E-state index in [0.717, 1.165) is 37.2 Å². The smallest absolute Gasteiger partial charge is 0.236 e. The van der Waals surface area contributed by atoms with Gasteiger partial charge in [0.15, 0.2) is 0 Å². The van der Waals surface area contributed by atoms with E-state index in [1.165, 1.54) is 0 Å². The Labute approximate surface area is 160 Å². The van der Waals surface area contributed by atoms with Crippen molar-refractivity contribution in [3.05, 3.63) is 29.8 Å². The minimum absolute atomic E-state index is 0.0383. The van der Waals surface area contributed by atoms with Crippen molar-refractivity contribution in [2.75, 3.05) is 53.0 Å². The van der Waals surface area contributed by atoms with Gasteiger partial charge in [0.2, 0.25) is 11.8 Å². The summed E-state index contributed by atoms with van der Waals surface area (Å²) in [5.41, 5.74) is 0.689. The van der Waals surface area contributed by atoms with Gasteiger partial charge in [-0.3, -0.25) is 14.5 Å². The van der Waals surface area contributed by atoms with Crippen molar-refractivity contribution < 1.29 is 19.1 Å². The fourth-order valence-corrected chi connectivity index (χ4v) is 3.93. The zero-order valence-corrected chi connectivity index (χ0v) is 16.2. The molecule has 0 atom stereocenters. The Morgan fingerprint density at radius 3 is 2.30 bits per heavy atom. The third-order valence-corrected chi connectivity index (χ3v) is 5.49. The van der Waals surface area contributed by atoms with Crippen LogP contribution < -0.4 is 10.1 Å². The van der Waals surface area contributed by atoms with Gasteiger partial charge in [-0.2, -0.15) is 0 Å².